The number of esters is 1. The second-order valence-corrected chi connectivity index (χ2v) is 6.30. The summed E-state index contributed by atoms with van der Waals surface area (Å²) in [5.41, 5.74) is 0.297. The largest absolute Gasteiger partial charge is 0.486 e. The van der Waals surface area contributed by atoms with Gasteiger partial charge in [-0.15, -0.1) is 0 Å². The van der Waals surface area contributed by atoms with Gasteiger partial charge in [-0.05, 0) is 30.3 Å². The third kappa shape index (κ3) is 3.63. The van der Waals surface area contributed by atoms with E-state index in [-0.39, 0.29) is 11.5 Å². The summed E-state index contributed by atoms with van der Waals surface area (Å²) >= 11 is 0. The number of benzene rings is 1. The lowest BCUT2D eigenvalue weighted by Gasteiger charge is -2.06. The lowest BCUT2D eigenvalue weighted by Crippen LogP contribution is -2.05. The SMILES string of the molecule is COC(=O)c1ccoc1COc1ccc(S(C)(=O)=O)cc1. The lowest BCUT2D eigenvalue weighted by molar-refractivity contribution is 0.0595. The Kier molecular flexibility index (Phi) is 4.32. The van der Waals surface area contributed by atoms with Crippen LogP contribution in [-0.2, 0) is 21.2 Å². The van der Waals surface area contributed by atoms with Crippen LogP contribution in [-0.4, -0.2) is 27.8 Å². The Bertz CT molecular complexity index is 727. The van der Waals surface area contributed by atoms with Gasteiger partial charge in [-0.2, -0.15) is 0 Å². The fraction of sp³-hybridized carbons (Fsp3) is 0.214. The minimum absolute atomic E-state index is 0.0374. The van der Waals surface area contributed by atoms with Crippen molar-refractivity contribution in [2.75, 3.05) is 13.4 Å². The molecule has 0 aliphatic carbocycles. The molecule has 7 heteroatoms. The normalized spacial score (nSPS) is 11.1. The third-order valence-electron chi connectivity index (χ3n) is 2.77. The molecule has 0 unspecified atom stereocenters. The summed E-state index contributed by atoms with van der Waals surface area (Å²) in [6, 6.07) is 7.48. The summed E-state index contributed by atoms with van der Waals surface area (Å²) in [5.74, 6) is 0.304. The van der Waals surface area contributed by atoms with Crippen molar-refractivity contribution in [2.45, 2.75) is 11.5 Å². The molecule has 1 aromatic heterocycles. The second kappa shape index (κ2) is 6.01. The number of sulfone groups is 1. The molecule has 6 nitrogen and oxygen atoms in total. The van der Waals surface area contributed by atoms with Crippen LogP contribution in [0, 0.1) is 0 Å². The number of carbonyl (C=O) groups is 1. The van der Waals surface area contributed by atoms with Gasteiger partial charge >= 0.3 is 5.97 Å². The fourth-order valence-electron chi connectivity index (χ4n) is 1.68. The Balaban J connectivity index is 2.07. The smallest absolute Gasteiger partial charge is 0.341 e. The molecule has 0 bridgehead atoms. The van der Waals surface area contributed by atoms with Crippen LogP contribution in [0.15, 0.2) is 45.9 Å². The van der Waals surface area contributed by atoms with Crippen molar-refractivity contribution in [3.05, 3.63) is 47.9 Å². The van der Waals surface area contributed by atoms with Crippen molar-refractivity contribution in [2.24, 2.45) is 0 Å². The predicted octanol–water partition coefficient (Wildman–Crippen LogP) is 2.05. The second-order valence-electron chi connectivity index (χ2n) is 4.28. The standard InChI is InChI=1S/C14H14O6S/c1-18-14(15)12-7-8-19-13(12)9-20-10-3-5-11(6-4-10)21(2,16)17/h3-8H,9H2,1-2H3. The number of methoxy groups -OCH3 is 1. The Labute approximate surface area is 122 Å². The maximum absolute atomic E-state index is 11.5. The topological polar surface area (TPSA) is 82.8 Å². The quantitative estimate of drug-likeness (QED) is 0.786. The van der Waals surface area contributed by atoms with Gasteiger partial charge in [0, 0.05) is 6.26 Å². The summed E-state index contributed by atoms with van der Waals surface area (Å²) in [7, 11) is -1.95. The van der Waals surface area contributed by atoms with Crippen molar-refractivity contribution in [1.82, 2.24) is 0 Å². The van der Waals surface area contributed by atoms with Gasteiger partial charge in [0.05, 0.1) is 18.3 Å². The van der Waals surface area contributed by atoms with Crippen LogP contribution in [0.1, 0.15) is 16.1 Å². The maximum atomic E-state index is 11.5. The number of carbonyl (C=O) groups excluding carboxylic acids is 1. The van der Waals surface area contributed by atoms with Gasteiger partial charge in [-0.25, -0.2) is 13.2 Å². The Hall–Kier alpha value is -2.28. The van der Waals surface area contributed by atoms with Gasteiger partial charge < -0.3 is 13.9 Å². The van der Waals surface area contributed by atoms with E-state index >= 15 is 0 Å². The van der Waals surface area contributed by atoms with E-state index in [1.165, 1.54) is 43.7 Å². The van der Waals surface area contributed by atoms with Gasteiger partial charge in [-0.1, -0.05) is 0 Å². The highest BCUT2D eigenvalue weighted by Gasteiger charge is 2.15. The molecule has 21 heavy (non-hydrogen) atoms. The Morgan fingerprint density at radius 2 is 1.86 bits per heavy atom. The van der Waals surface area contributed by atoms with Gasteiger partial charge in [0.15, 0.2) is 15.6 Å². The molecule has 0 radical (unpaired) electrons. The van der Waals surface area contributed by atoms with Crippen molar-refractivity contribution in [3.63, 3.8) is 0 Å². The van der Waals surface area contributed by atoms with E-state index in [0.717, 1.165) is 6.26 Å². The van der Waals surface area contributed by atoms with Crippen LogP contribution >= 0.6 is 0 Å². The molecular weight excluding hydrogens is 296 g/mol. The van der Waals surface area contributed by atoms with E-state index in [1.54, 1.807) is 0 Å². The van der Waals surface area contributed by atoms with E-state index < -0.39 is 15.8 Å². The zero-order valence-corrected chi connectivity index (χ0v) is 12.3. The van der Waals surface area contributed by atoms with Crippen LogP contribution in [0.3, 0.4) is 0 Å². The lowest BCUT2D eigenvalue weighted by atomic mass is 10.2. The van der Waals surface area contributed by atoms with E-state index in [2.05, 4.69) is 4.74 Å². The zero-order valence-electron chi connectivity index (χ0n) is 11.5. The van der Waals surface area contributed by atoms with E-state index in [0.29, 0.717) is 17.1 Å². The van der Waals surface area contributed by atoms with Gasteiger partial charge in [-0.3, -0.25) is 0 Å². The zero-order chi connectivity index (χ0) is 15.5. The molecule has 2 aromatic rings. The summed E-state index contributed by atoms with van der Waals surface area (Å²) in [5, 5.41) is 0. The van der Waals surface area contributed by atoms with Crippen molar-refractivity contribution >= 4 is 15.8 Å². The Morgan fingerprint density at radius 1 is 1.19 bits per heavy atom. The highest BCUT2D eigenvalue weighted by molar-refractivity contribution is 7.90. The first-order valence-electron chi connectivity index (χ1n) is 5.99. The van der Waals surface area contributed by atoms with Crippen LogP contribution < -0.4 is 4.74 Å². The molecule has 0 aliphatic heterocycles. The van der Waals surface area contributed by atoms with Crippen molar-refractivity contribution in [1.29, 1.82) is 0 Å². The average molecular weight is 310 g/mol. The minimum Gasteiger partial charge on any atom is -0.486 e. The molecule has 0 amide bonds. The molecular formula is C14H14O6S. The molecule has 0 spiro atoms. The van der Waals surface area contributed by atoms with E-state index in [4.69, 9.17) is 9.15 Å². The van der Waals surface area contributed by atoms with Gasteiger partial charge in [0.1, 0.15) is 17.9 Å². The number of rotatable bonds is 5. The first kappa shape index (κ1) is 15.1. The molecule has 0 N–H and O–H groups in total. The number of hydrogen-bond acceptors (Lipinski definition) is 6. The molecule has 0 atom stereocenters. The summed E-state index contributed by atoms with van der Waals surface area (Å²) in [4.78, 5) is 11.7. The first-order valence-corrected chi connectivity index (χ1v) is 7.88. The van der Waals surface area contributed by atoms with Gasteiger partial charge in [0.25, 0.3) is 0 Å². The maximum Gasteiger partial charge on any atom is 0.341 e. The van der Waals surface area contributed by atoms with Crippen LogP contribution in [0.25, 0.3) is 0 Å². The van der Waals surface area contributed by atoms with E-state index in [1.807, 2.05) is 0 Å². The van der Waals surface area contributed by atoms with E-state index in [9.17, 15) is 13.2 Å². The van der Waals surface area contributed by atoms with Crippen molar-refractivity contribution in [3.8, 4) is 5.75 Å². The van der Waals surface area contributed by atoms with Crippen LogP contribution in [0.5, 0.6) is 5.75 Å². The number of hydrogen-bond donors (Lipinski definition) is 0. The Morgan fingerprint density at radius 3 is 2.43 bits per heavy atom. The first-order chi connectivity index (χ1) is 9.91. The minimum atomic E-state index is -3.23. The fourth-order valence-corrected chi connectivity index (χ4v) is 2.31. The van der Waals surface area contributed by atoms with Gasteiger partial charge in [0.2, 0.25) is 0 Å². The third-order valence-corrected chi connectivity index (χ3v) is 3.90. The van der Waals surface area contributed by atoms with Crippen molar-refractivity contribution < 1.29 is 27.1 Å². The molecule has 112 valence electrons. The molecule has 1 heterocycles. The van der Waals surface area contributed by atoms with Crippen LogP contribution in [0.2, 0.25) is 0 Å². The predicted molar refractivity (Wildman–Crippen MR) is 73.9 cm³/mol. The monoisotopic (exact) mass is 310 g/mol. The molecule has 0 saturated carbocycles. The number of ether oxygens (including phenoxy) is 2. The molecule has 2 rings (SSSR count). The molecule has 0 fully saturated rings. The molecule has 0 saturated heterocycles. The summed E-state index contributed by atoms with van der Waals surface area (Å²) in [6.45, 7) is 0.0374. The highest BCUT2D eigenvalue weighted by Crippen LogP contribution is 2.19. The molecule has 0 aliphatic rings. The number of furan rings is 1. The highest BCUT2D eigenvalue weighted by atomic mass is 32.2. The summed E-state index contributed by atoms with van der Waals surface area (Å²) in [6.07, 6.45) is 2.51. The van der Waals surface area contributed by atoms with Crippen LogP contribution in [0.4, 0.5) is 0 Å². The average Bonchev–Trinajstić information content (AvgIpc) is 2.92. The molecule has 1 aromatic carbocycles. The summed E-state index contributed by atoms with van der Waals surface area (Å²) < 4.78 is 37.9.